The number of nitrogens with one attached hydrogen (secondary N) is 1. The molecule has 3 aromatic rings. The molecular formula is C23H26N4O2. The van der Waals surface area contributed by atoms with E-state index in [1.54, 1.807) is 6.07 Å². The number of hydrogen-bond donors (Lipinski definition) is 1. The number of benzene rings is 2. The summed E-state index contributed by atoms with van der Waals surface area (Å²) in [6.45, 7) is 8.69. The van der Waals surface area contributed by atoms with Crippen molar-refractivity contribution in [3.05, 3.63) is 70.5 Å². The van der Waals surface area contributed by atoms with Crippen LogP contribution < -0.4 is 5.32 Å². The van der Waals surface area contributed by atoms with Crippen LogP contribution in [-0.4, -0.2) is 47.1 Å². The molecule has 29 heavy (non-hydrogen) atoms. The van der Waals surface area contributed by atoms with Gasteiger partial charge in [0.2, 0.25) is 0 Å². The summed E-state index contributed by atoms with van der Waals surface area (Å²) in [5.41, 5.74) is 6.32. The van der Waals surface area contributed by atoms with Crippen molar-refractivity contribution in [3.8, 4) is 0 Å². The molecule has 4 rings (SSSR count). The van der Waals surface area contributed by atoms with E-state index in [0.717, 1.165) is 60.8 Å². The molecule has 0 unspecified atom stereocenters. The second kappa shape index (κ2) is 8.68. The summed E-state index contributed by atoms with van der Waals surface area (Å²) in [5, 5.41) is 3.05. The zero-order valence-electron chi connectivity index (χ0n) is 16.9. The fourth-order valence-electron chi connectivity index (χ4n) is 3.53. The molecule has 1 aromatic heterocycles. The zero-order valence-corrected chi connectivity index (χ0v) is 16.9. The van der Waals surface area contributed by atoms with E-state index in [0.29, 0.717) is 12.1 Å². The van der Waals surface area contributed by atoms with Crippen LogP contribution in [-0.2, 0) is 17.8 Å². The second-order valence-electron chi connectivity index (χ2n) is 7.44. The van der Waals surface area contributed by atoms with E-state index in [2.05, 4.69) is 32.3 Å². The lowest BCUT2D eigenvalue weighted by molar-refractivity contribution is 0.0340. The molecule has 2 heterocycles. The number of carbonyl (C=O) groups excluding carboxylic acids is 1. The number of amides is 1. The second-order valence-corrected chi connectivity index (χ2v) is 7.44. The maximum atomic E-state index is 12.7. The summed E-state index contributed by atoms with van der Waals surface area (Å²) in [7, 11) is 0. The van der Waals surface area contributed by atoms with Crippen LogP contribution in [0.3, 0.4) is 0 Å². The van der Waals surface area contributed by atoms with Gasteiger partial charge >= 0.3 is 0 Å². The maximum absolute atomic E-state index is 12.7. The Bertz CT molecular complexity index is 1030. The molecule has 1 saturated heterocycles. The lowest BCUT2D eigenvalue weighted by atomic mass is 10.1. The van der Waals surface area contributed by atoms with Crippen LogP contribution in [0, 0.1) is 13.8 Å². The first-order chi connectivity index (χ1) is 14.1. The summed E-state index contributed by atoms with van der Waals surface area (Å²) in [5.74, 6) is -0.104. The van der Waals surface area contributed by atoms with E-state index in [4.69, 9.17) is 4.74 Å². The smallest absolute Gasteiger partial charge is 0.251 e. The van der Waals surface area contributed by atoms with Gasteiger partial charge in [0.05, 0.1) is 35.6 Å². The zero-order chi connectivity index (χ0) is 20.2. The Morgan fingerprint density at radius 1 is 1.00 bits per heavy atom. The minimum absolute atomic E-state index is 0.104. The first kappa shape index (κ1) is 19.5. The molecule has 150 valence electrons. The standard InChI is InChI=1S/C23H26N4O2/c1-16-17(2)26-22-13-18(7-8-21(22)25-16)23(28)24-14-19-5-3-4-6-20(19)15-27-9-11-29-12-10-27/h3-8,13H,9-12,14-15H2,1-2H3,(H,24,28). The maximum Gasteiger partial charge on any atom is 0.251 e. The van der Waals surface area contributed by atoms with Crippen molar-refractivity contribution in [3.63, 3.8) is 0 Å². The topological polar surface area (TPSA) is 67.4 Å². The molecule has 0 spiro atoms. The van der Waals surface area contributed by atoms with Gasteiger partial charge in [-0.05, 0) is 43.2 Å². The minimum Gasteiger partial charge on any atom is -0.379 e. The largest absolute Gasteiger partial charge is 0.379 e. The van der Waals surface area contributed by atoms with Crippen LogP contribution in [0.25, 0.3) is 11.0 Å². The van der Waals surface area contributed by atoms with E-state index in [1.807, 2.05) is 38.1 Å². The average molecular weight is 390 g/mol. The number of hydrogen-bond acceptors (Lipinski definition) is 5. The Morgan fingerprint density at radius 2 is 1.69 bits per heavy atom. The summed E-state index contributed by atoms with van der Waals surface area (Å²) in [4.78, 5) is 24.2. The first-order valence-corrected chi connectivity index (χ1v) is 10.0. The van der Waals surface area contributed by atoms with Crippen LogP contribution in [0.4, 0.5) is 0 Å². The normalized spacial score (nSPS) is 14.8. The van der Waals surface area contributed by atoms with Crippen molar-refractivity contribution in [1.82, 2.24) is 20.2 Å². The van der Waals surface area contributed by atoms with Crippen molar-refractivity contribution in [2.45, 2.75) is 26.9 Å². The SMILES string of the molecule is Cc1nc2ccc(C(=O)NCc3ccccc3CN3CCOCC3)cc2nc1C. The Morgan fingerprint density at radius 3 is 2.45 bits per heavy atom. The van der Waals surface area contributed by atoms with E-state index in [9.17, 15) is 4.79 Å². The molecule has 6 nitrogen and oxygen atoms in total. The molecule has 1 aliphatic heterocycles. The van der Waals surface area contributed by atoms with Crippen LogP contribution >= 0.6 is 0 Å². The number of rotatable bonds is 5. The van der Waals surface area contributed by atoms with Crippen LogP contribution in [0.1, 0.15) is 32.9 Å². The van der Waals surface area contributed by atoms with Gasteiger partial charge in [-0.25, -0.2) is 9.97 Å². The van der Waals surface area contributed by atoms with Gasteiger partial charge < -0.3 is 10.1 Å². The Balaban J connectivity index is 1.45. The number of fused-ring (bicyclic) bond motifs is 1. The number of morpholine rings is 1. The van der Waals surface area contributed by atoms with Gasteiger partial charge in [-0.3, -0.25) is 9.69 Å². The highest BCUT2D eigenvalue weighted by atomic mass is 16.5. The van der Waals surface area contributed by atoms with Crippen molar-refractivity contribution in [1.29, 1.82) is 0 Å². The number of nitrogens with zero attached hydrogens (tertiary/aromatic N) is 3. The highest BCUT2D eigenvalue weighted by Crippen LogP contribution is 2.16. The summed E-state index contributed by atoms with van der Waals surface area (Å²) < 4.78 is 5.43. The number of ether oxygens (including phenoxy) is 1. The molecular weight excluding hydrogens is 364 g/mol. The quantitative estimate of drug-likeness (QED) is 0.725. The summed E-state index contributed by atoms with van der Waals surface area (Å²) >= 11 is 0. The number of aryl methyl sites for hydroxylation is 2. The lowest BCUT2D eigenvalue weighted by Crippen LogP contribution is -2.36. The van der Waals surface area contributed by atoms with Crippen LogP contribution in [0.15, 0.2) is 42.5 Å². The summed E-state index contributed by atoms with van der Waals surface area (Å²) in [6.07, 6.45) is 0. The molecule has 0 atom stereocenters. The van der Waals surface area contributed by atoms with Gasteiger partial charge in [0.25, 0.3) is 5.91 Å². The molecule has 1 N–H and O–H groups in total. The van der Waals surface area contributed by atoms with Gasteiger partial charge in [-0.15, -0.1) is 0 Å². The van der Waals surface area contributed by atoms with Crippen LogP contribution in [0.5, 0.6) is 0 Å². The Hall–Kier alpha value is -2.83. The fourth-order valence-corrected chi connectivity index (χ4v) is 3.53. The predicted molar refractivity (Wildman–Crippen MR) is 113 cm³/mol. The minimum atomic E-state index is -0.104. The third-order valence-electron chi connectivity index (χ3n) is 5.39. The number of carbonyl (C=O) groups is 1. The van der Waals surface area contributed by atoms with Gasteiger partial charge in [-0.1, -0.05) is 24.3 Å². The van der Waals surface area contributed by atoms with Crippen molar-refractivity contribution in [2.75, 3.05) is 26.3 Å². The third kappa shape index (κ3) is 4.60. The molecule has 0 aliphatic carbocycles. The van der Waals surface area contributed by atoms with Crippen LogP contribution in [0.2, 0.25) is 0 Å². The first-order valence-electron chi connectivity index (χ1n) is 10.0. The van der Waals surface area contributed by atoms with Gasteiger partial charge in [0.1, 0.15) is 0 Å². The molecule has 2 aromatic carbocycles. The Kier molecular flexibility index (Phi) is 5.83. The van der Waals surface area contributed by atoms with Crippen molar-refractivity contribution in [2.24, 2.45) is 0 Å². The molecule has 1 fully saturated rings. The van der Waals surface area contributed by atoms with Gasteiger partial charge in [-0.2, -0.15) is 0 Å². The highest BCUT2D eigenvalue weighted by molar-refractivity contribution is 5.97. The van der Waals surface area contributed by atoms with Crippen molar-refractivity contribution >= 4 is 16.9 Å². The lowest BCUT2D eigenvalue weighted by Gasteiger charge is -2.27. The predicted octanol–water partition coefficient (Wildman–Crippen LogP) is 3.01. The van der Waals surface area contributed by atoms with E-state index >= 15 is 0 Å². The van der Waals surface area contributed by atoms with Crippen molar-refractivity contribution < 1.29 is 9.53 Å². The molecule has 1 amide bonds. The Labute approximate surface area is 170 Å². The molecule has 0 radical (unpaired) electrons. The van der Waals surface area contributed by atoms with Gasteiger partial charge in [0.15, 0.2) is 0 Å². The third-order valence-corrected chi connectivity index (χ3v) is 5.39. The molecule has 0 bridgehead atoms. The summed E-state index contributed by atoms with van der Waals surface area (Å²) in [6, 6.07) is 13.7. The molecule has 1 aliphatic rings. The molecule has 0 saturated carbocycles. The fraction of sp³-hybridized carbons (Fsp3) is 0.348. The number of aromatic nitrogens is 2. The van der Waals surface area contributed by atoms with E-state index in [-0.39, 0.29) is 5.91 Å². The molecule has 6 heteroatoms. The average Bonchev–Trinajstić information content (AvgIpc) is 2.74. The van der Waals surface area contributed by atoms with E-state index < -0.39 is 0 Å². The highest BCUT2D eigenvalue weighted by Gasteiger charge is 2.14. The van der Waals surface area contributed by atoms with E-state index in [1.165, 1.54) is 5.56 Å². The van der Waals surface area contributed by atoms with Gasteiger partial charge in [0, 0.05) is 31.7 Å². The monoisotopic (exact) mass is 390 g/mol.